The molecule has 160 valence electrons. The van der Waals surface area contributed by atoms with Crippen molar-refractivity contribution in [1.29, 1.82) is 0 Å². The topological polar surface area (TPSA) is 60.9 Å². The summed E-state index contributed by atoms with van der Waals surface area (Å²) < 4.78 is 0. The highest BCUT2D eigenvalue weighted by molar-refractivity contribution is 5.98. The van der Waals surface area contributed by atoms with Crippen LogP contribution < -0.4 is 0 Å². The second-order valence-electron chi connectivity index (χ2n) is 8.26. The number of hydrogen-bond acceptors (Lipinski definition) is 4. The first-order valence-electron chi connectivity index (χ1n) is 10.8. The standard InChI is InChI=1S/C25H32N2O3/c1-3-14-27(17-20-6-4-19(2)5-7-20)24(29)18-26-15-12-22(13-16-26)25(30)21-8-10-23(28)11-9-21/h4-11,22,28H,3,12-18H2,1-2H3. The van der Waals surface area contributed by atoms with Crippen LogP contribution in [-0.4, -0.2) is 52.8 Å². The zero-order chi connectivity index (χ0) is 21.5. The second kappa shape index (κ2) is 10.4. The maximum Gasteiger partial charge on any atom is 0.237 e. The molecule has 1 amide bonds. The number of ketones is 1. The molecule has 3 rings (SSSR count). The van der Waals surface area contributed by atoms with Gasteiger partial charge in [-0.1, -0.05) is 36.8 Å². The number of phenols is 1. The quantitative estimate of drug-likeness (QED) is 0.670. The van der Waals surface area contributed by atoms with Gasteiger partial charge in [0.25, 0.3) is 0 Å². The first-order valence-corrected chi connectivity index (χ1v) is 10.8. The van der Waals surface area contributed by atoms with Crippen LogP contribution in [0.3, 0.4) is 0 Å². The zero-order valence-electron chi connectivity index (χ0n) is 18.0. The SMILES string of the molecule is CCCN(Cc1ccc(C)cc1)C(=O)CN1CCC(C(=O)c2ccc(O)cc2)CC1. The molecule has 1 N–H and O–H groups in total. The van der Waals surface area contributed by atoms with Crippen LogP contribution in [-0.2, 0) is 11.3 Å². The van der Waals surface area contributed by atoms with Gasteiger partial charge in [-0.2, -0.15) is 0 Å². The molecule has 0 atom stereocenters. The molecule has 0 radical (unpaired) electrons. The van der Waals surface area contributed by atoms with E-state index in [0.29, 0.717) is 18.7 Å². The number of hydrogen-bond donors (Lipinski definition) is 1. The van der Waals surface area contributed by atoms with E-state index in [1.165, 1.54) is 5.56 Å². The predicted molar refractivity (Wildman–Crippen MR) is 118 cm³/mol. The molecule has 1 saturated heterocycles. The third kappa shape index (κ3) is 5.92. The minimum atomic E-state index is -0.0137. The Labute approximate surface area is 179 Å². The fourth-order valence-corrected chi connectivity index (χ4v) is 3.98. The molecular formula is C25H32N2O3. The normalized spacial score (nSPS) is 15.1. The summed E-state index contributed by atoms with van der Waals surface area (Å²) in [5.41, 5.74) is 3.02. The van der Waals surface area contributed by atoms with E-state index in [4.69, 9.17) is 0 Å². The number of carbonyl (C=O) groups is 2. The molecular weight excluding hydrogens is 376 g/mol. The summed E-state index contributed by atoms with van der Waals surface area (Å²) in [7, 11) is 0. The van der Waals surface area contributed by atoms with Crippen molar-refractivity contribution in [3.8, 4) is 5.75 Å². The average Bonchev–Trinajstić information content (AvgIpc) is 2.75. The average molecular weight is 409 g/mol. The Morgan fingerprint density at radius 3 is 2.27 bits per heavy atom. The maximum atomic E-state index is 12.9. The smallest absolute Gasteiger partial charge is 0.237 e. The van der Waals surface area contributed by atoms with Crippen molar-refractivity contribution in [2.24, 2.45) is 5.92 Å². The lowest BCUT2D eigenvalue weighted by atomic mass is 9.89. The van der Waals surface area contributed by atoms with Crippen LogP contribution in [0.15, 0.2) is 48.5 Å². The summed E-state index contributed by atoms with van der Waals surface area (Å²) in [6, 6.07) is 14.8. The lowest BCUT2D eigenvalue weighted by Crippen LogP contribution is -2.44. The number of Topliss-reactive ketones (excluding diaryl/α,β-unsaturated/α-hetero) is 1. The number of benzene rings is 2. The van der Waals surface area contributed by atoms with Gasteiger partial charge >= 0.3 is 0 Å². The monoisotopic (exact) mass is 408 g/mol. The molecule has 30 heavy (non-hydrogen) atoms. The second-order valence-corrected chi connectivity index (χ2v) is 8.26. The van der Waals surface area contributed by atoms with Gasteiger partial charge in [-0.15, -0.1) is 0 Å². The van der Waals surface area contributed by atoms with Crippen LogP contribution in [0.1, 0.15) is 47.7 Å². The fourth-order valence-electron chi connectivity index (χ4n) is 3.98. The summed E-state index contributed by atoms with van der Waals surface area (Å²) in [6.45, 7) is 7.47. The zero-order valence-corrected chi connectivity index (χ0v) is 18.0. The van der Waals surface area contributed by atoms with Crippen molar-refractivity contribution >= 4 is 11.7 Å². The minimum absolute atomic E-state index is 0.0137. The number of carbonyl (C=O) groups excluding carboxylic acids is 2. The molecule has 0 bridgehead atoms. The van der Waals surface area contributed by atoms with Gasteiger partial charge in [-0.25, -0.2) is 0 Å². The molecule has 1 aliphatic rings. The van der Waals surface area contributed by atoms with Crippen LogP contribution in [0.5, 0.6) is 5.75 Å². The number of likely N-dealkylation sites (tertiary alicyclic amines) is 1. The van der Waals surface area contributed by atoms with E-state index >= 15 is 0 Å². The van der Waals surface area contributed by atoms with Crippen molar-refractivity contribution in [1.82, 2.24) is 9.80 Å². The summed E-state index contributed by atoms with van der Waals surface area (Å²) in [6.07, 6.45) is 2.46. The Kier molecular flexibility index (Phi) is 7.63. The molecule has 0 spiro atoms. The maximum absolute atomic E-state index is 12.9. The van der Waals surface area contributed by atoms with Gasteiger partial charge in [-0.05, 0) is 69.1 Å². The fraction of sp³-hybridized carbons (Fsp3) is 0.440. The molecule has 0 aromatic heterocycles. The van der Waals surface area contributed by atoms with Gasteiger partial charge in [0.1, 0.15) is 5.75 Å². The number of amides is 1. The predicted octanol–water partition coefficient (Wildman–Crippen LogP) is 4.03. The molecule has 1 aliphatic heterocycles. The molecule has 2 aromatic carbocycles. The van der Waals surface area contributed by atoms with Gasteiger partial charge in [0.2, 0.25) is 5.91 Å². The first-order chi connectivity index (χ1) is 14.5. The van der Waals surface area contributed by atoms with E-state index in [9.17, 15) is 14.7 Å². The molecule has 0 aliphatic carbocycles. The van der Waals surface area contributed by atoms with E-state index in [1.54, 1.807) is 24.3 Å². The van der Waals surface area contributed by atoms with Crippen molar-refractivity contribution < 1.29 is 14.7 Å². The number of aryl methyl sites for hydroxylation is 1. The first kappa shape index (κ1) is 22.0. The highest BCUT2D eigenvalue weighted by atomic mass is 16.3. The summed E-state index contributed by atoms with van der Waals surface area (Å²) in [5, 5.41) is 9.40. The highest BCUT2D eigenvalue weighted by Gasteiger charge is 2.27. The van der Waals surface area contributed by atoms with Gasteiger partial charge < -0.3 is 10.0 Å². The van der Waals surface area contributed by atoms with E-state index in [0.717, 1.165) is 44.5 Å². The summed E-state index contributed by atoms with van der Waals surface area (Å²) in [5.74, 6) is 0.441. The Hall–Kier alpha value is -2.66. The van der Waals surface area contributed by atoms with Gasteiger partial charge in [-0.3, -0.25) is 14.5 Å². The summed E-state index contributed by atoms with van der Waals surface area (Å²) >= 11 is 0. The number of phenolic OH excluding ortho intramolecular Hbond substituents is 1. The number of rotatable bonds is 8. The number of nitrogens with zero attached hydrogens (tertiary/aromatic N) is 2. The van der Waals surface area contributed by atoms with E-state index in [2.05, 4.69) is 43.0 Å². The van der Waals surface area contributed by atoms with E-state index in [-0.39, 0.29) is 23.4 Å². The van der Waals surface area contributed by atoms with Crippen LogP contribution in [0.2, 0.25) is 0 Å². The van der Waals surface area contributed by atoms with Crippen LogP contribution in [0, 0.1) is 12.8 Å². The van der Waals surface area contributed by atoms with Crippen molar-refractivity contribution in [3.63, 3.8) is 0 Å². The van der Waals surface area contributed by atoms with E-state index < -0.39 is 0 Å². The Balaban J connectivity index is 1.52. The number of piperidine rings is 1. The van der Waals surface area contributed by atoms with E-state index in [1.807, 2.05) is 4.90 Å². The Morgan fingerprint density at radius 1 is 1.03 bits per heavy atom. The molecule has 1 fully saturated rings. The van der Waals surface area contributed by atoms with Crippen LogP contribution in [0.4, 0.5) is 0 Å². The molecule has 0 unspecified atom stereocenters. The van der Waals surface area contributed by atoms with Crippen LogP contribution >= 0.6 is 0 Å². The lowest BCUT2D eigenvalue weighted by Gasteiger charge is -2.32. The molecule has 5 nitrogen and oxygen atoms in total. The molecule has 5 heteroatoms. The van der Waals surface area contributed by atoms with Gasteiger partial charge in [0, 0.05) is 24.6 Å². The lowest BCUT2D eigenvalue weighted by molar-refractivity contribution is -0.133. The largest absolute Gasteiger partial charge is 0.508 e. The molecule has 2 aromatic rings. The van der Waals surface area contributed by atoms with Crippen molar-refractivity contribution in [3.05, 3.63) is 65.2 Å². The Bertz CT molecular complexity index is 838. The third-order valence-corrected chi connectivity index (χ3v) is 5.81. The third-order valence-electron chi connectivity index (χ3n) is 5.81. The van der Waals surface area contributed by atoms with Crippen LogP contribution in [0.25, 0.3) is 0 Å². The molecule has 1 heterocycles. The van der Waals surface area contributed by atoms with Crippen molar-refractivity contribution in [2.45, 2.75) is 39.7 Å². The van der Waals surface area contributed by atoms with Gasteiger partial charge in [0.15, 0.2) is 5.78 Å². The highest BCUT2D eigenvalue weighted by Crippen LogP contribution is 2.23. The van der Waals surface area contributed by atoms with Gasteiger partial charge in [0.05, 0.1) is 6.54 Å². The minimum Gasteiger partial charge on any atom is -0.508 e. The van der Waals surface area contributed by atoms with Crippen molar-refractivity contribution in [2.75, 3.05) is 26.2 Å². The Morgan fingerprint density at radius 2 is 1.67 bits per heavy atom. The number of aromatic hydroxyl groups is 1. The summed E-state index contributed by atoms with van der Waals surface area (Å²) in [4.78, 5) is 29.7. The molecule has 0 saturated carbocycles.